The third-order valence-electron chi connectivity index (χ3n) is 3.26. The number of aromatic amines is 1. The molecule has 1 atom stereocenters. The molecule has 98 valence electrons. The molecule has 1 aromatic carbocycles. The molecule has 2 aromatic rings. The molecule has 0 aliphatic rings. The van der Waals surface area contributed by atoms with Crippen molar-refractivity contribution in [3.05, 3.63) is 36.0 Å². The predicted molar refractivity (Wildman–Crippen MR) is 75.7 cm³/mol. The fourth-order valence-corrected chi connectivity index (χ4v) is 2.33. The minimum atomic E-state index is 0.439. The number of para-hydroxylation sites is 1. The van der Waals surface area contributed by atoms with E-state index < -0.39 is 0 Å². The Labute approximate surface area is 109 Å². The maximum absolute atomic E-state index is 5.24. The molecule has 1 aromatic heterocycles. The highest BCUT2D eigenvalue weighted by molar-refractivity contribution is 5.82. The fourth-order valence-electron chi connectivity index (χ4n) is 2.33. The topological polar surface area (TPSA) is 37.0 Å². The first-order valence-electron chi connectivity index (χ1n) is 6.62. The van der Waals surface area contributed by atoms with Crippen molar-refractivity contribution in [1.82, 2.24) is 10.3 Å². The first-order chi connectivity index (χ1) is 8.85. The molecule has 3 heteroatoms. The summed E-state index contributed by atoms with van der Waals surface area (Å²) in [5.74, 6) is 0. The first-order valence-corrected chi connectivity index (χ1v) is 6.62. The highest BCUT2D eigenvalue weighted by Gasteiger charge is 2.08. The second kappa shape index (κ2) is 6.57. The zero-order valence-corrected chi connectivity index (χ0v) is 11.2. The summed E-state index contributed by atoms with van der Waals surface area (Å²) in [5, 5.41) is 4.87. The highest BCUT2D eigenvalue weighted by atomic mass is 16.5. The van der Waals surface area contributed by atoms with Gasteiger partial charge in [-0.05, 0) is 18.1 Å². The molecule has 0 fully saturated rings. The minimum absolute atomic E-state index is 0.439. The van der Waals surface area contributed by atoms with Crippen molar-refractivity contribution in [1.29, 1.82) is 0 Å². The van der Waals surface area contributed by atoms with Crippen molar-refractivity contribution < 1.29 is 4.74 Å². The molecule has 1 unspecified atom stereocenters. The van der Waals surface area contributed by atoms with Crippen LogP contribution in [0.2, 0.25) is 0 Å². The van der Waals surface area contributed by atoms with E-state index in [0.717, 1.165) is 19.6 Å². The van der Waals surface area contributed by atoms with Gasteiger partial charge in [-0.25, -0.2) is 0 Å². The average Bonchev–Trinajstić information content (AvgIpc) is 2.80. The van der Waals surface area contributed by atoms with Gasteiger partial charge in [0.1, 0.15) is 0 Å². The van der Waals surface area contributed by atoms with Crippen LogP contribution < -0.4 is 5.32 Å². The van der Waals surface area contributed by atoms with E-state index in [2.05, 4.69) is 47.7 Å². The SMILES string of the molecule is CCCC(COC)NCc1c[nH]c2ccccc12. The molecule has 0 spiro atoms. The summed E-state index contributed by atoms with van der Waals surface area (Å²) in [4.78, 5) is 3.30. The van der Waals surface area contributed by atoms with Gasteiger partial charge in [-0.3, -0.25) is 0 Å². The molecule has 2 N–H and O–H groups in total. The lowest BCUT2D eigenvalue weighted by molar-refractivity contribution is 0.161. The monoisotopic (exact) mass is 246 g/mol. The number of ether oxygens (including phenoxy) is 1. The normalized spacial score (nSPS) is 13.0. The van der Waals surface area contributed by atoms with Gasteiger partial charge in [0.15, 0.2) is 0 Å². The summed E-state index contributed by atoms with van der Waals surface area (Å²) >= 11 is 0. The van der Waals surface area contributed by atoms with Crippen molar-refractivity contribution in [3.63, 3.8) is 0 Å². The minimum Gasteiger partial charge on any atom is -0.383 e. The van der Waals surface area contributed by atoms with Gasteiger partial charge in [0.25, 0.3) is 0 Å². The fraction of sp³-hybridized carbons (Fsp3) is 0.467. The Morgan fingerprint density at radius 3 is 2.94 bits per heavy atom. The van der Waals surface area contributed by atoms with E-state index in [1.54, 1.807) is 7.11 Å². The molecule has 0 aliphatic carbocycles. The number of H-pyrrole nitrogens is 1. The van der Waals surface area contributed by atoms with Crippen LogP contribution in [0.15, 0.2) is 30.5 Å². The van der Waals surface area contributed by atoms with E-state index in [9.17, 15) is 0 Å². The Kier molecular flexibility index (Phi) is 4.79. The Hall–Kier alpha value is -1.32. The van der Waals surface area contributed by atoms with Gasteiger partial charge >= 0.3 is 0 Å². The maximum Gasteiger partial charge on any atom is 0.0615 e. The molecule has 18 heavy (non-hydrogen) atoms. The van der Waals surface area contributed by atoms with E-state index >= 15 is 0 Å². The second-order valence-electron chi connectivity index (χ2n) is 4.68. The van der Waals surface area contributed by atoms with E-state index in [1.807, 2.05) is 0 Å². The van der Waals surface area contributed by atoms with Crippen LogP contribution in [0.3, 0.4) is 0 Å². The molecule has 2 rings (SSSR count). The van der Waals surface area contributed by atoms with Gasteiger partial charge in [0.2, 0.25) is 0 Å². The quantitative estimate of drug-likeness (QED) is 0.787. The molecule has 0 amide bonds. The van der Waals surface area contributed by atoms with E-state index in [1.165, 1.54) is 22.9 Å². The Balaban J connectivity index is 2.00. The molecule has 1 heterocycles. The van der Waals surface area contributed by atoms with E-state index in [4.69, 9.17) is 4.74 Å². The van der Waals surface area contributed by atoms with Gasteiger partial charge in [0, 0.05) is 36.8 Å². The molecule has 0 aliphatic heterocycles. The van der Waals surface area contributed by atoms with Crippen LogP contribution in [-0.2, 0) is 11.3 Å². The van der Waals surface area contributed by atoms with Crippen molar-refractivity contribution >= 4 is 10.9 Å². The average molecular weight is 246 g/mol. The third-order valence-corrected chi connectivity index (χ3v) is 3.26. The smallest absolute Gasteiger partial charge is 0.0615 e. The van der Waals surface area contributed by atoms with Gasteiger partial charge in [0.05, 0.1) is 6.61 Å². The van der Waals surface area contributed by atoms with Gasteiger partial charge < -0.3 is 15.0 Å². The van der Waals surface area contributed by atoms with E-state index in [0.29, 0.717) is 6.04 Å². The van der Waals surface area contributed by atoms with Crippen LogP contribution in [-0.4, -0.2) is 24.7 Å². The standard InChI is InChI=1S/C15H22N2O/c1-3-6-13(11-18-2)16-9-12-10-17-15-8-5-4-7-14(12)15/h4-5,7-8,10,13,16-17H,3,6,9,11H2,1-2H3. The number of nitrogens with one attached hydrogen (secondary N) is 2. The molecular weight excluding hydrogens is 224 g/mol. The van der Waals surface area contributed by atoms with Gasteiger partial charge in [-0.1, -0.05) is 31.5 Å². The van der Waals surface area contributed by atoms with E-state index in [-0.39, 0.29) is 0 Å². The molecule has 0 radical (unpaired) electrons. The van der Waals surface area contributed by atoms with Crippen LogP contribution in [0.1, 0.15) is 25.3 Å². The zero-order chi connectivity index (χ0) is 12.8. The third kappa shape index (κ3) is 3.12. The summed E-state index contributed by atoms with van der Waals surface area (Å²) < 4.78 is 5.24. The largest absolute Gasteiger partial charge is 0.383 e. The zero-order valence-electron chi connectivity index (χ0n) is 11.2. The van der Waals surface area contributed by atoms with Crippen molar-refractivity contribution in [2.45, 2.75) is 32.4 Å². The van der Waals surface area contributed by atoms with Crippen LogP contribution in [0, 0.1) is 0 Å². The highest BCUT2D eigenvalue weighted by Crippen LogP contribution is 2.17. The number of rotatable bonds is 7. The lowest BCUT2D eigenvalue weighted by Crippen LogP contribution is -2.32. The summed E-state index contributed by atoms with van der Waals surface area (Å²) in [6.45, 7) is 3.87. The maximum atomic E-state index is 5.24. The molecule has 0 saturated heterocycles. The summed E-state index contributed by atoms with van der Waals surface area (Å²) in [6.07, 6.45) is 4.42. The second-order valence-corrected chi connectivity index (χ2v) is 4.68. The first kappa shape index (κ1) is 13.1. The lowest BCUT2D eigenvalue weighted by atomic mass is 10.1. The summed E-state index contributed by atoms with van der Waals surface area (Å²) in [7, 11) is 1.76. The number of benzene rings is 1. The molecule has 3 nitrogen and oxygen atoms in total. The molecular formula is C15H22N2O. The number of hydrogen-bond acceptors (Lipinski definition) is 2. The lowest BCUT2D eigenvalue weighted by Gasteiger charge is -2.16. The Bertz CT molecular complexity index is 472. The van der Waals surface area contributed by atoms with Crippen molar-refractivity contribution in [2.75, 3.05) is 13.7 Å². The van der Waals surface area contributed by atoms with Crippen molar-refractivity contribution in [3.8, 4) is 0 Å². The Morgan fingerprint density at radius 2 is 2.17 bits per heavy atom. The number of fused-ring (bicyclic) bond motifs is 1. The van der Waals surface area contributed by atoms with Gasteiger partial charge in [-0.15, -0.1) is 0 Å². The van der Waals surface area contributed by atoms with Crippen molar-refractivity contribution in [2.24, 2.45) is 0 Å². The van der Waals surface area contributed by atoms with Crippen LogP contribution in [0.4, 0.5) is 0 Å². The molecule has 0 saturated carbocycles. The number of methoxy groups -OCH3 is 1. The number of hydrogen-bond donors (Lipinski definition) is 2. The molecule has 0 bridgehead atoms. The number of aromatic nitrogens is 1. The Morgan fingerprint density at radius 1 is 1.33 bits per heavy atom. The predicted octanol–water partition coefficient (Wildman–Crippen LogP) is 3.07. The van der Waals surface area contributed by atoms with Crippen LogP contribution in [0.25, 0.3) is 10.9 Å². The summed E-state index contributed by atoms with van der Waals surface area (Å²) in [5.41, 5.74) is 2.52. The van der Waals surface area contributed by atoms with Gasteiger partial charge in [-0.2, -0.15) is 0 Å². The van der Waals surface area contributed by atoms with Crippen LogP contribution in [0.5, 0.6) is 0 Å². The van der Waals surface area contributed by atoms with Crippen LogP contribution >= 0.6 is 0 Å². The summed E-state index contributed by atoms with van der Waals surface area (Å²) in [6, 6.07) is 8.85.